The lowest BCUT2D eigenvalue weighted by atomic mass is 9.92. The van der Waals surface area contributed by atoms with Crippen LogP contribution in [0.2, 0.25) is 0 Å². The van der Waals surface area contributed by atoms with Gasteiger partial charge in [-0.15, -0.1) is 0 Å². The van der Waals surface area contributed by atoms with Crippen molar-refractivity contribution in [2.24, 2.45) is 0 Å². The Morgan fingerprint density at radius 2 is 1.85 bits per heavy atom. The lowest BCUT2D eigenvalue weighted by molar-refractivity contribution is 0.573. The van der Waals surface area contributed by atoms with E-state index in [2.05, 4.69) is 44.0 Å². The van der Waals surface area contributed by atoms with Crippen molar-refractivity contribution in [3.63, 3.8) is 0 Å². The minimum atomic E-state index is 0.152. The van der Waals surface area contributed by atoms with E-state index in [0.717, 1.165) is 0 Å². The van der Waals surface area contributed by atoms with Crippen molar-refractivity contribution in [3.05, 3.63) is 36.0 Å². The van der Waals surface area contributed by atoms with Gasteiger partial charge in [0.05, 0.1) is 0 Å². The Morgan fingerprint density at radius 3 is 2.46 bits per heavy atom. The van der Waals surface area contributed by atoms with Crippen molar-refractivity contribution < 1.29 is 0 Å². The lowest BCUT2D eigenvalue weighted by Gasteiger charge is -2.15. The van der Waals surface area contributed by atoms with Crippen LogP contribution in [-0.2, 0) is 5.41 Å². The molecule has 0 bridgehead atoms. The first-order valence-electron chi connectivity index (χ1n) is 4.58. The molecule has 0 fully saturated rings. The maximum Gasteiger partial charge on any atom is 0.0462 e. The first-order chi connectivity index (χ1) is 6.07. The molecule has 0 aliphatic heterocycles. The van der Waals surface area contributed by atoms with E-state index in [1.807, 2.05) is 12.1 Å². The van der Waals surface area contributed by atoms with Gasteiger partial charge in [0.25, 0.3) is 0 Å². The molecule has 1 heteroatoms. The monoisotopic (exact) mass is 172 g/mol. The number of benzene rings is 1. The highest BCUT2D eigenvalue weighted by Crippen LogP contribution is 2.24. The number of H-pyrrole nitrogens is 1. The molecule has 0 aliphatic rings. The molecule has 1 nitrogen and oxygen atoms in total. The normalized spacial score (nSPS) is 12.2. The largest absolute Gasteiger partial charge is 0.357 e. The van der Waals surface area contributed by atoms with Crippen LogP contribution in [-0.4, -0.2) is 4.98 Å². The molecule has 0 aliphatic carbocycles. The van der Waals surface area contributed by atoms with Crippen molar-refractivity contribution in [2.75, 3.05) is 0 Å². The Labute approximate surface area is 78.8 Å². The minimum absolute atomic E-state index is 0.152. The van der Waals surface area contributed by atoms with Crippen molar-refractivity contribution in [1.82, 2.24) is 4.98 Å². The van der Waals surface area contributed by atoms with Gasteiger partial charge in [-0.1, -0.05) is 39.0 Å². The summed E-state index contributed by atoms with van der Waals surface area (Å²) < 4.78 is 0. The van der Waals surface area contributed by atoms with E-state index in [9.17, 15) is 0 Å². The molecular weight excluding hydrogens is 158 g/mol. The fourth-order valence-electron chi connectivity index (χ4n) is 1.38. The summed E-state index contributed by atoms with van der Waals surface area (Å²) in [7, 11) is 0. The van der Waals surface area contributed by atoms with Crippen LogP contribution in [0.1, 0.15) is 26.5 Å². The molecular formula is C12H14N. The molecule has 13 heavy (non-hydrogen) atoms. The molecule has 1 N–H and O–H groups in total. The van der Waals surface area contributed by atoms with Gasteiger partial charge < -0.3 is 4.98 Å². The molecule has 67 valence electrons. The van der Waals surface area contributed by atoms with Gasteiger partial charge in [0, 0.05) is 28.1 Å². The van der Waals surface area contributed by atoms with E-state index >= 15 is 0 Å². The second-order valence-corrected chi connectivity index (χ2v) is 4.42. The van der Waals surface area contributed by atoms with Gasteiger partial charge in [-0.05, 0) is 6.07 Å². The smallest absolute Gasteiger partial charge is 0.0462 e. The third-order valence-corrected chi connectivity index (χ3v) is 2.20. The number of aromatic nitrogens is 1. The number of fused-ring (bicyclic) bond motifs is 1. The fraction of sp³-hybridized carbons (Fsp3) is 0.333. The average molecular weight is 172 g/mol. The summed E-state index contributed by atoms with van der Waals surface area (Å²) in [6.07, 6.45) is 0. The van der Waals surface area contributed by atoms with Crippen LogP contribution >= 0.6 is 0 Å². The van der Waals surface area contributed by atoms with Gasteiger partial charge in [0.15, 0.2) is 0 Å². The van der Waals surface area contributed by atoms with Crippen LogP contribution < -0.4 is 0 Å². The fourth-order valence-corrected chi connectivity index (χ4v) is 1.38. The maximum atomic E-state index is 3.38. The number of rotatable bonds is 0. The topological polar surface area (TPSA) is 15.8 Å². The summed E-state index contributed by atoms with van der Waals surface area (Å²) in [5.74, 6) is 0. The molecule has 0 spiro atoms. The second-order valence-electron chi connectivity index (χ2n) is 4.42. The van der Waals surface area contributed by atoms with Gasteiger partial charge in [0.1, 0.15) is 0 Å². The van der Waals surface area contributed by atoms with E-state index in [1.54, 1.807) is 0 Å². The van der Waals surface area contributed by atoms with Crippen LogP contribution in [0.15, 0.2) is 24.3 Å². The number of nitrogens with one attached hydrogen (secondary N) is 1. The lowest BCUT2D eigenvalue weighted by Crippen LogP contribution is -2.11. The van der Waals surface area contributed by atoms with Crippen molar-refractivity contribution in [3.8, 4) is 0 Å². The third-order valence-electron chi connectivity index (χ3n) is 2.20. The van der Waals surface area contributed by atoms with Gasteiger partial charge in [0.2, 0.25) is 0 Å². The summed E-state index contributed by atoms with van der Waals surface area (Å²) in [5.41, 5.74) is 2.50. The zero-order chi connectivity index (χ0) is 9.47. The Morgan fingerprint density at radius 1 is 1.15 bits per heavy atom. The molecule has 2 aromatic rings. The van der Waals surface area contributed by atoms with Crippen LogP contribution in [0.25, 0.3) is 10.9 Å². The molecule has 0 amide bonds. The van der Waals surface area contributed by atoms with Crippen molar-refractivity contribution >= 4 is 10.9 Å². The van der Waals surface area contributed by atoms with Crippen molar-refractivity contribution in [1.29, 1.82) is 0 Å². The number of hydrogen-bond donors (Lipinski definition) is 1. The quantitative estimate of drug-likeness (QED) is 0.627. The molecule has 2 rings (SSSR count). The first-order valence-corrected chi connectivity index (χ1v) is 4.58. The Bertz CT molecular complexity index is 385. The molecule has 0 atom stereocenters. The summed E-state index contributed by atoms with van der Waals surface area (Å²) in [6.45, 7) is 6.57. The SMILES string of the molecule is CC(C)(C)c1[c]c2ccccc2[nH]1. The number of hydrogen-bond acceptors (Lipinski definition) is 0. The molecule has 0 unspecified atom stereocenters. The summed E-state index contributed by atoms with van der Waals surface area (Å²) in [4.78, 5) is 3.38. The van der Waals surface area contributed by atoms with Gasteiger partial charge in [-0.25, -0.2) is 0 Å². The molecule has 1 aromatic heterocycles. The minimum Gasteiger partial charge on any atom is -0.357 e. The number of aromatic amines is 1. The van der Waals surface area contributed by atoms with Gasteiger partial charge >= 0.3 is 0 Å². The molecule has 0 saturated heterocycles. The zero-order valence-electron chi connectivity index (χ0n) is 8.31. The summed E-state index contributed by atoms with van der Waals surface area (Å²) in [6, 6.07) is 11.6. The third kappa shape index (κ3) is 1.46. The van der Waals surface area contributed by atoms with E-state index in [-0.39, 0.29) is 5.41 Å². The first kappa shape index (κ1) is 8.36. The van der Waals surface area contributed by atoms with E-state index < -0.39 is 0 Å². The highest BCUT2D eigenvalue weighted by Gasteiger charge is 2.15. The van der Waals surface area contributed by atoms with Crippen molar-refractivity contribution in [2.45, 2.75) is 26.2 Å². The zero-order valence-corrected chi connectivity index (χ0v) is 8.31. The number of para-hydroxylation sites is 1. The maximum absolute atomic E-state index is 3.38. The Kier molecular flexibility index (Phi) is 1.69. The summed E-state index contributed by atoms with van der Waals surface area (Å²) >= 11 is 0. The predicted molar refractivity (Wildman–Crippen MR) is 55.8 cm³/mol. The van der Waals surface area contributed by atoms with Gasteiger partial charge in [-0.2, -0.15) is 0 Å². The predicted octanol–water partition coefficient (Wildman–Crippen LogP) is 3.27. The van der Waals surface area contributed by atoms with Gasteiger partial charge in [-0.3, -0.25) is 0 Å². The van der Waals surface area contributed by atoms with Crippen LogP contribution in [0.3, 0.4) is 0 Å². The van der Waals surface area contributed by atoms with E-state index in [0.29, 0.717) is 0 Å². The van der Waals surface area contributed by atoms with E-state index in [4.69, 9.17) is 0 Å². The van der Waals surface area contributed by atoms with E-state index in [1.165, 1.54) is 16.6 Å². The average Bonchev–Trinajstić information content (AvgIpc) is 2.45. The Hall–Kier alpha value is -1.24. The molecule has 0 saturated carbocycles. The molecule has 1 aromatic carbocycles. The second kappa shape index (κ2) is 2.63. The molecule has 1 heterocycles. The Balaban J connectivity index is 2.63. The van der Waals surface area contributed by atoms with Crippen LogP contribution in [0, 0.1) is 6.07 Å². The molecule has 1 radical (unpaired) electrons. The standard InChI is InChI=1S/C12H14N/c1-12(2,3)11-8-9-6-4-5-7-10(9)13-11/h4-7,13H,1-3H3. The highest BCUT2D eigenvalue weighted by atomic mass is 14.7. The van der Waals surface area contributed by atoms with Crippen LogP contribution in [0.5, 0.6) is 0 Å². The van der Waals surface area contributed by atoms with Crippen LogP contribution in [0.4, 0.5) is 0 Å². The summed E-state index contributed by atoms with van der Waals surface area (Å²) in [5, 5.41) is 1.17. The highest BCUT2D eigenvalue weighted by molar-refractivity contribution is 5.79.